The van der Waals surface area contributed by atoms with Gasteiger partial charge in [-0.05, 0) is 27.2 Å². The van der Waals surface area contributed by atoms with Crippen LogP contribution in [0.3, 0.4) is 0 Å². The predicted molar refractivity (Wildman–Crippen MR) is 62.6 cm³/mol. The van der Waals surface area contributed by atoms with Crippen LogP contribution in [-0.4, -0.2) is 47.7 Å². The normalized spacial score (nSPS) is 22.8. The van der Waals surface area contributed by atoms with Gasteiger partial charge < -0.3 is 14.7 Å². The fourth-order valence-electron chi connectivity index (χ4n) is 1.74. The first-order chi connectivity index (χ1) is 7.93. The molecule has 1 aliphatic heterocycles. The number of carbonyl (C=O) groups excluding carboxylic acids is 1. The zero-order valence-corrected chi connectivity index (χ0v) is 10.5. The van der Waals surface area contributed by atoms with E-state index in [0.717, 1.165) is 6.42 Å². The Labute approximate surface area is 101 Å². The highest BCUT2D eigenvalue weighted by Gasteiger charge is 2.22. The molecule has 1 aliphatic rings. The molecule has 1 fully saturated rings. The molecule has 17 heavy (non-hydrogen) atoms. The van der Waals surface area contributed by atoms with E-state index in [4.69, 9.17) is 9.84 Å². The van der Waals surface area contributed by atoms with Crippen molar-refractivity contribution in [2.75, 3.05) is 19.7 Å². The molecule has 1 unspecified atom stereocenters. The Morgan fingerprint density at radius 1 is 1.29 bits per heavy atom. The highest BCUT2D eigenvalue weighted by Crippen LogP contribution is 2.12. The van der Waals surface area contributed by atoms with Crippen LogP contribution in [0.5, 0.6) is 0 Å². The van der Waals surface area contributed by atoms with Crippen LogP contribution >= 0.6 is 0 Å². The van der Waals surface area contributed by atoms with Gasteiger partial charge in [-0.3, -0.25) is 4.79 Å². The van der Waals surface area contributed by atoms with E-state index in [-0.39, 0.29) is 17.6 Å². The summed E-state index contributed by atoms with van der Waals surface area (Å²) in [5, 5.41) is 8.85. The summed E-state index contributed by atoms with van der Waals surface area (Å²) >= 11 is 0. The van der Waals surface area contributed by atoms with Gasteiger partial charge in [0, 0.05) is 30.8 Å². The van der Waals surface area contributed by atoms with Crippen LogP contribution in [0.1, 0.15) is 27.2 Å². The summed E-state index contributed by atoms with van der Waals surface area (Å²) in [6.07, 6.45) is 0.787. The van der Waals surface area contributed by atoms with Crippen molar-refractivity contribution in [1.82, 2.24) is 4.90 Å². The monoisotopic (exact) mass is 241 g/mol. The van der Waals surface area contributed by atoms with Crippen molar-refractivity contribution in [3.05, 3.63) is 11.1 Å². The average Bonchev–Trinajstić information content (AvgIpc) is 2.50. The lowest BCUT2D eigenvalue weighted by molar-refractivity contribution is -0.134. The summed E-state index contributed by atoms with van der Waals surface area (Å²) in [5.74, 6) is -1.25. The number of carbonyl (C=O) groups is 2. The number of rotatable bonds is 2. The van der Waals surface area contributed by atoms with Crippen molar-refractivity contribution in [2.24, 2.45) is 0 Å². The predicted octanol–water partition coefficient (Wildman–Crippen LogP) is 1.04. The van der Waals surface area contributed by atoms with E-state index < -0.39 is 5.97 Å². The van der Waals surface area contributed by atoms with Gasteiger partial charge in [0.2, 0.25) is 5.91 Å². The second-order valence-corrected chi connectivity index (χ2v) is 4.34. The third-order valence-corrected chi connectivity index (χ3v) is 2.94. The Morgan fingerprint density at radius 2 is 1.94 bits per heavy atom. The second kappa shape index (κ2) is 5.82. The molecular formula is C12H19NO4. The topological polar surface area (TPSA) is 66.8 Å². The van der Waals surface area contributed by atoms with E-state index in [2.05, 4.69) is 0 Å². The Kier molecular flexibility index (Phi) is 4.69. The molecule has 0 radical (unpaired) electrons. The second-order valence-electron chi connectivity index (χ2n) is 4.34. The van der Waals surface area contributed by atoms with Gasteiger partial charge in [-0.2, -0.15) is 0 Å². The van der Waals surface area contributed by atoms with Crippen molar-refractivity contribution in [3.8, 4) is 0 Å². The highest BCUT2D eigenvalue weighted by atomic mass is 16.5. The van der Waals surface area contributed by atoms with E-state index >= 15 is 0 Å². The van der Waals surface area contributed by atoms with Crippen LogP contribution in [0.15, 0.2) is 11.1 Å². The summed E-state index contributed by atoms with van der Waals surface area (Å²) in [6.45, 7) is 6.70. The van der Waals surface area contributed by atoms with Gasteiger partial charge in [-0.25, -0.2) is 4.79 Å². The number of ether oxygens (including phenoxy) is 1. The van der Waals surface area contributed by atoms with Crippen LogP contribution in [0.4, 0.5) is 0 Å². The maximum absolute atomic E-state index is 12.1. The summed E-state index contributed by atoms with van der Waals surface area (Å²) in [5.41, 5.74) is 0.402. The number of carboxylic acids is 1. The Bertz CT molecular complexity index is 348. The molecule has 0 aromatic heterocycles. The van der Waals surface area contributed by atoms with Crippen LogP contribution < -0.4 is 0 Å². The highest BCUT2D eigenvalue weighted by molar-refractivity contribution is 6.01. The smallest absolute Gasteiger partial charge is 0.331 e. The first kappa shape index (κ1) is 13.7. The summed E-state index contributed by atoms with van der Waals surface area (Å²) in [6, 6.07) is 0. The molecule has 5 heteroatoms. The molecule has 1 atom stereocenters. The van der Waals surface area contributed by atoms with Crippen molar-refractivity contribution in [2.45, 2.75) is 33.3 Å². The molecule has 0 aliphatic carbocycles. The quantitative estimate of drug-likeness (QED) is 0.734. The number of amides is 1. The minimum absolute atomic E-state index is 0.000570. The van der Waals surface area contributed by atoms with Gasteiger partial charge in [0.25, 0.3) is 0 Å². The van der Waals surface area contributed by atoms with E-state index in [0.29, 0.717) is 25.3 Å². The zero-order valence-electron chi connectivity index (χ0n) is 10.5. The average molecular weight is 241 g/mol. The van der Waals surface area contributed by atoms with Crippen molar-refractivity contribution < 1.29 is 19.4 Å². The molecule has 5 nitrogen and oxygen atoms in total. The van der Waals surface area contributed by atoms with Gasteiger partial charge in [0.15, 0.2) is 0 Å². The first-order valence-electron chi connectivity index (χ1n) is 5.75. The summed E-state index contributed by atoms with van der Waals surface area (Å²) < 4.78 is 5.44. The van der Waals surface area contributed by atoms with Crippen molar-refractivity contribution in [3.63, 3.8) is 0 Å². The standard InChI is InChI=1S/C12H19NO4/c1-8-7-13(5-4-6-17-8)11(14)9(2)10(3)12(15)16/h8H,4-7H2,1-3H3,(H,15,16). The summed E-state index contributed by atoms with van der Waals surface area (Å²) in [4.78, 5) is 24.6. The minimum Gasteiger partial charge on any atom is -0.478 e. The number of hydrogen-bond donors (Lipinski definition) is 1. The number of nitrogens with zero attached hydrogens (tertiary/aromatic N) is 1. The number of aliphatic carboxylic acids is 1. The lowest BCUT2D eigenvalue weighted by Gasteiger charge is -2.22. The molecule has 96 valence electrons. The maximum Gasteiger partial charge on any atom is 0.331 e. The number of hydrogen-bond acceptors (Lipinski definition) is 3. The lowest BCUT2D eigenvalue weighted by atomic mass is 10.1. The zero-order chi connectivity index (χ0) is 13.0. The third kappa shape index (κ3) is 3.56. The fraction of sp³-hybridized carbons (Fsp3) is 0.667. The van der Waals surface area contributed by atoms with Gasteiger partial charge in [0.1, 0.15) is 0 Å². The molecule has 1 amide bonds. The molecule has 0 saturated carbocycles. The maximum atomic E-state index is 12.1. The molecule has 0 aromatic rings. The van der Waals surface area contributed by atoms with Gasteiger partial charge in [0.05, 0.1) is 6.10 Å². The molecular weight excluding hydrogens is 222 g/mol. The SMILES string of the molecule is CC(C(=O)O)=C(C)C(=O)N1CCCOC(C)C1. The fourth-order valence-corrected chi connectivity index (χ4v) is 1.74. The van der Waals surface area contributed by atoms with Crippen molar-refractivity contribution >= 4 is 11.9 Å². The van der Waals surface area contributed by atoms with Crippen LogP contribution in [0.25, 0.3) is 0 Å². The van der Waals surface area contributed by atoms with Gasteiger partial charge in [-0.15, -0.1) is 0 Å². The van der Waals surface area contributed by atoms with E-state index in [1.54, 1.807) is 11.8 Å². The Balaban J connectivity index is 2.81. The largest absolute Gasteiger partial charge is 0.478 e. The Morgan fingerprint density at radius 3 is 2.53 bits per heavy atom. The van der Waals surface area contributed by atoms with Crippen LogP contribution in [-0.2, 0) is 14.3 Å². The van der Waals surface area contributed by atoms with Gasteiger partial charge >= 0.3 is 5.97 Å². The van der Waals surface area contributed by atoms with Crippen LogP contribution in [0, 0.1) is 0 Å². The first-order valence-corrected chi connectivity index (χ1v) is 5.75. The molecule has 1 heterocycles. The minimum atomic E-state index is -1.05. The molecule has 1 N–H and O–H groups in total. The molecule has 0 bridgehead atoms. The van der Waals surface area contributed by atoms with Crippen molar-refractivity contribution in [1.29, 1.82) is 0 Å². The van der Waals surface area contributed by atoms with E-state index in [9.17, 15) is 9.59 Å². The molecule has 1 saturated heterocycles. The van der Waals surface area contributed by atoms with Gasteiger partial charge in [-0.1, -0.05) is 0 Å². The Hall–Kier alpha value is -1.36. The lowest BCUT2D eigenvalue weighted by Crippen LogP contribution is -2.37. The number of carboxylic acid groups (broad SMARTS) is 1. The third-order valence-electron chi connectivity index (χ3n) is 2.94. The van der Waals surface area contributed by atoms with Crippen LogP contribution in [0.2, 0.25) is 0 Å². The molecule has 0 spiro atoms. The van der Waals surface area contributed by atoms with E-state index in [1.807, 2.05) is 6.92 Å². The molecule has 1 rings (SSSR count). The van der Waals surface area contributed by atoms with E-state index in [1.165, 1.54) is 6.92 Å². The summed E-state index contributed by atoms with van der Waals surface area (Å²) in [7, 11) is 0. The molecule has 0 aromatic carbocycles.